The number of benzene rings is 2. The van der Waals surface area contributed by atoms with Crippen LogP contribution in [0.5, 0.6) is 0 Å². The first-order valence-electron chi connectivity index (χ1n) is 13.0. The van der Waals surface area contributed by atoms with Crippen molar-refractivity contribution in [2.75, 3.05) is 12.4 Å². The van der Waals surface area contributed by atoms with E-state index in [0.717, 1.165) is 43.2 Å². The smallest absolute Gasteiger partial charge is 0.251 e. The molecule has 36 heavy (non-hydrogen) atoms. The van der Waals surface area contributed by atoms with Crippen molar-refractivity contribution in [3.8, 4) is 0 Å². The van der Waals surface area contributed by atoms with Crippen molar-refractivity contribution in [3.05, 3.63) is 59.2 Å². The van der Waals surface area contributed by atoms with E-state index in [1.165, 1.54) is 16.8 Å². The Labute approximate surface area is 213 Å². The molecule has 1 amide bonds. The Kier molecular flexibility index (Phi) is 5.52. The quantitative estimate of drug-likeness (QED) is 0.549. The number of hydrogen-bond donors (Lipinski definition) is 3. The zero-order chi connectivity index (χ0) is 25.3. The molecule has 192 valence electrons. The van der Waals surface area contributed by atoms with Crippen LogP contribution in [0.3, 0.4) is 0 Å². The molecule has 4 fully saturated rings. The predicted octanol–water partition coefficient (Wildman–Crippen LogP) is 3.88. The Balaban J connectivity index is 1.24. The molecular weight excluding hydrogens is 474 g/mol. The molecule has 0 aromatic heterocycles. The lowest BCUT2D eigenvalue weighted by Crippen LogP contribution is -2.61. The molecule has 4 saturated carbocycles. The van der Waals surface area contributed by atoms with Crippen LogP contribution in [0.25, 0.3) is 0 Å². The highest BCUT2D eigenvalue weighted by Crippen LogP contribution is 2.62. The van der Waals surface area contributed by atoms with Crippen molar-refractivity contribution in [1.29, 1.82) is 0 Å². The van der Waals surface area contributed by atoms with Gasteiger partial charge in [0.1, 0.15) is 4.90 Å². The zero-order valence-electron chi connectivity index (χ0n) is 21.0. The van der Waals surface area contributed by atoms with Crippen LogP contribution in [0.1, 0.15) is 66.9 Å². The van der Waals surface area contributed by atoms with E-state index in [1.807, 2.05) is 24.3 Å². The van der Waals surface area contributed by atoms with E-state index in [2.05, 4.69) is 17.6 Å². The van der Waals surface area contributed by atoms with Gasteiger partial charge in [-0.3, -0.25) is 4.79 Å². The Bertz CT molecular complexity index is 1280. The van der Waals surface area contributed by atoms with Gasteiger partial charge in [0.05, 0.1) is 11.3 Å². The first-order chi connectivity index (χ1) is 17.1. The van der Waals surface area contributed by atoms with Gasteiger partial charge in [0.15, 0.2) is 0 Å². The third kappa shape index (κ3) is 3.85. The molecule has 0 saturated heterocycles. The Morgan fingerprint density at radius 3 is 2.28 bits per heavy atom. The van der Waals surface area contributed by atoms with E-state index in [9.17, 15) is 18.3 Å². The molecule has 8 heteroatoms. The molecule has 3 N–H and O–H groups in total. The van der Waals surface area contributed by atoms with Crippen molar-refractivity contribution in [1.82, 2.24) is 9.62 Å². The molecule has 0 spiro atoms. The largest absolute Gasteiger partial charge is 0.390 e. The van der Waals surface area contributed by atoms with Crippen molar-refractivity contribution < 1.29 is 18.3 Å². The van der Waals surface area contributed by atoms with Crippen LogP contribution in [0.2, 0.25) is 0 Å². The maximum absolute atomic E-state index is 13.7. The Hall–Kier alpha value is -2.42. The molecular formula is C28H35N3O4S. The number of fused-ring (bicyclic) bond motifs is 1. The van der Waals surface area contributed by atoms with Gasteiger partial charge in [0, 0.05) is 31.7 Å². The lowest BCUT2D eigenvalue weighted by molar-refractivity contribution is -0.171. The summed E-state index contributed by atoms with van der Waals surface area (Å²) in [4.78, 5) is 13.5. The second-order valence-electron chi connectivity index (χ2n) is 11.7. The number of amides is 1. The number of carbonyl (C=O) groups is 1. The molecule has 4 bridgehead atoms. The van der Waals surface area contributed by atoms with Crippen LogP contribution >= 0.6 is 0 Å². The average Bonchev–Trinajstić information content (AvgIpc) is 3.27. The van der Waals surface area contributed by atoms with E-state index in [1.54, 1.807) is 19.2 Å². The highest BCUT2D eigenvalue weighted by molar-refractivity contribution is 7.89. The first kappa shape index (κ1) is 23.9. The van der Waals surface area contributed by atoms with E-state index < -0.39 is 15.6 Å². The van der Waals surface area contributed by atoms with Crippen LogP contribution in [0.4, 0.5) is 5.69 Å². The predicted molar refractivity (Wildman–Crippen MR) is 138 cm³/mol. The Morgan fingerprint density at radius 2 is 1.69 bits per heavy atom. The molecule has 1 heterocycles. The summed E-state index contributed by atoms with van der Waals surface area (Å²) in [5, 5.41) is 17.3. The third-order valence-corrected chi connectivity index (χ3v) is 11.1. The lowest BCUT2D eigenvalue weighted by atomic mass is 9.46. The topological polar surface area (TPSA) is 98.7 Å². The number of sulfonamides is 1. The summed E-state index contributed by atoms with van der Waals surface area (Å²) in [6.07, 6.45) is 5.79. The average molecular weight is 510 g/mol. The second-order valence-corrected chi connectivity index (χ2v) is 13.7. The van der Waals surface area contributed by atoms with Crippen molar-refractivity contribution in [2.45, 2.75) is 75.1 Å². The summed E-state index contributed by atoms with van der Waals surface area (Å²) < 4.78 is 28.8. The molecule has 0 radical (unpaired) electrons. The standard InChI is InChI=1S/C28H35N3O4S/c1-18(27-11-19-9-20(12-27)14-28(33,13-19)17-27)30-26(32)21-7-8-24(29-2)25(10-21)36(34,35)31-15-22-5-3-4-6-23(22)16-31/h3-8,10,18-20,29,33H,9,11-17H2,1-2H3,(H,30,32)/t18?,19-,20+,27?,28?. The number of nitrogens with one attached hydrogen (secondary N) is 2. The van der Waals surface area contributed by atoms with Gasteiger partial charge in [0.25, 0.3) is 5.91 Å². The second kappa shape index (κ2) is 8.30. The molecule has 5 atom stereocenters. The van der Waals surface area contributed by atoms with E-state index in [-0.39, 0.29) is 22.3 Å². The van der Waals surface area contributed by atoms with E-state index in [4.69, 9.17) is 0 Å². The van der Waals surface area contributed by atoms with Crippen molar-refractivity contribution in [3.63, 3.8) is 0 Å². The molecule has 4 aliphatic carbocycles. The first-order valence-corrected chi connectivity index (χ1v) is 14.5. The summed E-state index contributed by atoms with van der Waals surface area (Å²) in [5.74, 6) is 0.799. The normalized spacial score (nSPS) is 31.8. The number of hydrogen-bond acceptors (Lipinski definition) is 5. The van der Waals surface area contributed by atoms with Gasteiger partial charge in [-0.05, 0) is 92.0 Å². The van der Waals surface area contributed by atoms with E-state index >= 15 is 0 Å². The lowest BCUT2D eigenvalue weighted by Gasteiger charge is -2.62. The molecule has 1 aliphatic heterocycles. The number of rotatable bonds is 6. The van der Waals surface area contributed by atoms with Gasteiger partial charge < -0.3 is 15.7 Å². The number of aliphatic hydroxyl groups is 1. The van der Waals surface area contributed by atoms with Crippen molar-refractivity contribution >= 4 is 21.6 Å². The fraction of sp³-hybridized carbons (Fsp3) is 0.536. The van der Waals surface area contributed by atoms with Crippen LogP contribution in [-0.2, 0) is 23.1 Å². The fourth-order valence-electron chi connectivity index (χ4n) is 7.92. The number of carbonyl (C=O) groups excluding carboxylic acids is 1. The van der Waals surface area contributed by atoms with Crippen molar-refractivity contribution in [2.24, 2.45) is 17.3 Å². The monoisotopic (exact) mass is 509 g/mol. The minimum absolute atomic E-state index is 0.0877. The summed E-state index contributed by atoms with van der Waals surface area (Å²) in [6, 6.07) is 12.5. The molecule has 3 unspecified atom stereocenters. The van der Waals surface area contributed by atoms with Gasteiger partial charge in [-0.25, -0.2) is 8.42 Å². The summed E-state index contributed by atoms with van der Waals surface area (Å²) in [6.45, 7) is 2.70. The fourth-order valence-corrected chi connectivity index (χ4v) is 9.54. The van der Waals surface area contributed by atoms with E-state index in [0.29, 0.717) is 36.2 Å². The number of nitrogens with zero attached hydrogens (tertiary/aromatic N) is 1. The summed E-state index contributed by atoms with van der Waals surface area (Å²) >= 11 is 0. The van der Waals surface area contributed by atoms with Gasteiger partial charge in [-0.1, -0.05) is 24.3 Å². The molecule has 5 aliphatic rings. The highest BCUT2D eigenvalue weighted by atomic mass is 32.2. The minimum atomic E-state index is -3.82. The highest BCUT2D eigenvalue weighted by Gasteiger charge is 2.59. The molecule has 2 aromatic rings. The molecule has 7 rings (SSSR count). The van der Waals surface area contributed by atoms with Crippen LogP contribution in [0, 0.1) is 17.3 Å². The third-order valence-electron chi connectivity index (χ3n) is 9.28. The van der Waals surface area contributed by atoms with Gasteiger partial charge in [-0.2, -0.15) is 4.31 Å². The van der Waals surface area contributed by atoms with Crippen LogP contribution < -0.4 is 10.6 Å². The van der Waals surface area contributed by atoms with Gasteiger partial charge in [0.2, 0.25) is 10.0 Å². The zero-order valence-corrected chi connectivity index (χ0v) is 21.8. The van der Waals surface area contributed by atoms with Crippen LogP contribution in [-0.4, -0.2) is 42.4 Å². The minimum Gasteiger partial charge on any atom is -0.390 e. The SMILES string of the molecule is CNc1ccc(C(=O)NC(C)C23C[C@@H]4C[C@@H](CC(O)(C4)C2)C3)cc1S(=O)(=O)N1Cc2ccccc2C1. The van der Waals surface area contributed by atoms with Gasteiger partial charge >= 0.3 is 0 Å². The molecule has 2 aromatic carbocycles. The Morgan fingerprint density at radius 1 is 1.06 bits per heavy atom. The van der Waals surface area contributed by atoms with Gasteiger partial charge in [-0.15, -0.1) is 0 Å². The maximum Gasteiger partial charge on any atom is 0.251 e. The van der Waals surface area contributed by atoms with Crippen LogP contribution in [0.15, 0.2) is 47.4 Å². The number of anilines is 1. The maximum atomic E-state index is 13.7. The summed E-state index contributed by atoms with van der Waals surface area (Å²) in [7, 11) is -2.13. The summed E-state index contributed by atoms with van der Waals surface area (Å²) in [5.41, 5.74) is 2.14. The molecule has 7 nitrogen and oxygen atoms in total.